The van der Waals surface area contributed by atoms with Gasteiger partial charge in [0, 0.05) is 24.3 Å². The highest BCUT2D eigenvalue weighted by Gasteiger charge is 2.19. The average Bonchev–Trinajstić information content (AvgIpc) is 2.35. The molecule has 94 valence electrons. The molecule has 0 spiro atoms. The van der Waals surface area contributed by atoms with Gasteiger partial charge in [-0.3, -0.25) is 0 Å². The molecule has 17 heavy (non-hydrogen) atoms. The third-order valence-electron chi connectivity index (χ3n) is 3.16. The van der Waals surface area contributed by atoms with Gasteiger partial charge in [-0.1, -0.05) is 19.9 Å². The number of nitrogens with one attached hydrogen (secondary N) is 2. The SMILES string of the molecule is COc1ccc2c(c1)NCCC2NCC(C)C. The van der Waals surface area contributed by atoms with Crippen molar-refractivity contribution in [1.82, 2.24) is 5.32 Å². The number of fused-ring (bicyclic) bond motifs is 1. The second kappa shape index (κ2) is 5.41. The van der Waals surface area contributed by atoms with E-state index in [-0.39, 0.29) is 0 Å². The molecule has 0 aliphatic carbocycles. The molecule has 3 heteroatoms. The van der Waals surface area contributed by atoms with E-state index in [0.717, 1.165) is 25.3 Å². The molecule has 0 saturated heterocycles. The third kappa shape index (κ3) is 2.91. The second-order valence-corrected chi connectivity index (χ2v) is 5.02. The van der Waals surface area contributed by atoms with Gasteiger partial charge in [0.15, 0.2) is 0 Å². The maximum absolute atomic E-state index is 5.25. The number of methoxy groups -OCH3 is 1. The Morgan fingerprint density at radius 2 is 2.29 bits per heavy atom. The number of ether oxygens (including phenoxy) is 1. The summed E-state index contributed by atoms with van der Waals surface area (Å²) in [4.78, 5) is 0. The second-order valence-electron chi connectivity index (χ2n) is 5.02. The van der Waals surface area contributed by atoms with Gasteiger partial charge in [0.1, 0.15) is 5.75 Å². The van der Waals surface area contributed by atoms with Crippen LogP contribution in [0.1, 0.15) is 31.9 Å². The Hall–Kier alpha value is -1.22. The summed E-state index contributed by atoms with van der Waals surface area (Å²) < 4.78 is 5.25. The van der Waals surface area contributed by atoms with Gasteiger partial charge in [-0.05, 0) is 30.5 Å². The van der Waals surface area contributed by atoms with Crippen molar-refractivity contribution in [1.29, 1.82) is 0 Å². The molecule has 2 N–H and O–H groups in total. The van der Waals surface area contributed by atoms with E-state index in [1.54, 1.807) is 7.11 Å². The van der Waals surface area contributed by atoms with Crippen LogP contribution in [-0.2, 0) is 0 Å². The van der Waals surface area contributed by atoms with E-state index in [9.17, 15) is 0 Å². The topological polar surface area (TPSA) is 33.3 Å². The fourth-order valence-electron chi connectivity index (χ4n) is 2.22. The van der Waals surface area contributed by atoms with Gasteiger partial charge in [0.05, 0.1) is 7.11 Å². The average molecular weight is 234 g/mol. The van der Waals surface area contributed by atoms with Crippen molar-refractivity contribution in [2.45, 2.75) is 26.3 Å². The van der Waals surface area contributed by atoms with Gasteiger partial charge >= 0.3 is 0 Å². The molecule has 1 aromatic carbocycles. The summed E-state index contributed by atoms with van der Waals surface area (Å²) in [5.74, 6) is 1.60. The molecule has 0 aromatic heterocycles. The molecule has 1 heterocycles. The van der Waals surface area contributed by atoms with Gasteiger partial charge in [-0.25, -0.2) is 0 Å². The maximum Gasteiger partial charge on any atom is 0.120 e. The van der Waals surface area contributed by atoms with Crippen LogP contribution in [0.3, 0.4) is 0 Å². The molecule has 3 nitrogen and oxygen atoms in total. The highest BCUT2D eigenvalue weighted by Crippen LogP contribution is 2.32. The van der Waals surface area contributed by atoms with E-state index >= 15 is 0 Å². The van der Waals surface area contributed by atoms with Crippen molar-refractivity contribution in [3.63, 3.8) is 0 Å². The lowest BCUT2D eigenvalue weighted by Crippen LogP contribution is -2.30. The highest BCUT2D eigenvalue weighted by molar-refractivity contribution is 5.58. The maximum atomic E-state index is 5.25. The van der Waals surface area contributed by atoms with Crippen LogP contribution in [0, 0.1) is 5.92 Å². The van der Waals surface area contributed by atoms with Gasteiger partial charge in [0.2, 0.25) is 0 Å². The van der Waals surface area contributed by atoms with Gasteiger partial charge < -0.3 is 15.4 Å². The summed E-state index contributed by atoms with van der Waals surface area (Å²) in [5.41, 5.74) is 2.56. The van der Waals surface area contributed by atoms with Gasteiger partial charge in [-0.2, -0.15) is 0 Å². The Bertz CT molecular complexity index is 376. The molecule has 2 rings (SSSR count). The summed E-state index contributed by atoms with van der Waals surface area (Å²) >= 11 is 0. The zero-order chi connectivity index (χ0) is 12.3. The van der Waals surface area contributed by atoms with Gasteiger partial charge in [-0.15, -0.1) is 0 Å². The van der Waals surface area contributed by atoms with Crippen LogP contribution >= 0.6 is 0 Å². The fourth-order valence-corrected chi connectivity index (χ4v) is 2.22. The van der Waals surface area contributed by atoms with Crippen molar-refractivity contribution in [3.05, 3.63) is 23.8 Å². The monoisotopic (exact) mass is 234 g/mol. The van der Waals surface area contributed by atoms with Crippen LogP contribution in [0.2, 0.25) is 0 Å². The van der Waals surface area contributed by atoms with E-state index in [2.05, 4.69) is 36.6 Å². The van der Waals surface area contributed by atoms with Crippen molar-refractivity contribution in [2.75, 3.05) is 25.5 Å². The first kappa shape index (κ1) is 12.2. The normalized spacial score (nSPS) is 18.7. The molecule has 1 unspecified atom stereocenters. The van der Waals surface area contributed by atoms with Crippen LogP contribution in [0.15, 0.2) is 18.2 Å². The summed E-state index contributed by atoms with van der Waals surface area (Å²) in [6.07, 6.45) is 1.14. The Labute approximate surface area is 104 Å². The predicted molar refractivity (Wildman–Crippen MR) is 71.7 cm³/mol. The van der Waals surface area contributed by atoms with Crippen molar-refractivity contribution < 1.29 is 4.74 Å². The Morgan fingerprint density at radius 1 is 1.47 bits per heavy atom. The number of benzene rings is 1. The Kier molecular flexibility index (Phi) is 3.89. The largest absolute Gasteiger partial charge is 0.497 e. The highest BCUT2D eigenvalue weighted by atomic mass is 16.5. The standard InChI is InChI=1S/C14H22N2O/c1-10(2)9-16-13-6-7-15-14-8-11(17-3)4-5-12(13)14/h4-5,8,10,13,15-16H,6-7,9H2,1-3H3. The van der Waals surface area contributed by atoms with E-state index in [1.807, 2.05) is 6.07 Å². The molecule has 0 saturated carbocycles. The fraction of sp³-hybridized carbons (Fsp3) is 0.571. The molecule has 1 aromatic rings. The number of hydrogen-bond acceptors (Lipinski definition) is 3. The van der Waals surface area contributed by atoms with Crippen molar-refractivity contribution >= 4 is 5.69 Å². The zero-order valence-electron chi connectivity index (χ0n) is 10.9. The summed E-state index contributed by atoms with van der Waals surface area (Å²) in [7, 11) is 1.71. The van der Waals surface area contributed by atoms with Crippen LogP contribution in [-0.4, -0.2) is 20.2 Å². The number of anilines is 1. The van der Waals surface area contributed by atoms with E-state index in [0.29, 0.717) is 12.0 Å². The van der Waals surface area contributed by atoms with Crippen LogP contribution in [0.25, 0.3) is 0 Å². The molecule has 1 atom stereocenters. The minimum atomic E-state index is 0.472. The van der Waals surface area contributed by atoms with E-state index < -0.39 is 0 Å². The van der Waals surface area contributed by atoms with Crippen LogP contribution in [0.5, 0.6) is 5.75 Å². The molecule has 0 amide bonds. The quantitative estimate of drug-likeness (QED) is 0.840. The van der Waals surface area contributed by atoms with Crippen molar-refractivity contribution in [2.24, 2.45) is 5.92 Å². The Morgan fingerprint density at radius 3 is 3.00 bits per heavy atom. The Balaban J connectivity index is 2.14. The van der Waals surface area contributed by atoms with E-state index in [4.69, 9.17) is 4.74 Å². The molecule has 1 aliphatic rings. The number of hydrogen-bond donors (Lipinski definition) is 2. The zero-order valence-corrected chi connectivity index (χ0v) is 10.9. The molecule has 0 fully saturated rings. The molecule has 1 aliphatic heterocycles. The third-order valence-corrected chi connectivity index (χ3v) is 3.16. The van der Waals surface area contributed by atoms with Crippen molar-refractivity contribution in [3.8, 4) is 5.75 Å². The lowest BCUT2D eigenvalue weighted by Gasteiger charge is -2.28. The van der Waals surface area contributed by atoms with Crippen LogP contribution < -0.4 is 15.4 Å². The lowest BCUT2D eigenvalue weighted by molar-refractivity contribution is 0.413. The molecule has 0 radical (unpaired) electrons. The first-order valence-electron chi connectivity index (χ1n) is 6.36. The first-order valence-corrected chi connectivity index (χ1v) is 6.36. The minimum absolute atomic E-state index is 0.472. The molecule has 0 bridgehead atoms. The summed E-state index contributed by atoms with van der Waals surface area (Å²) in [5, 5.41) is 7.07. The summed E-state index contributed by atoms with van der Waals surface area (Å²) in [6, 6.07) is 6.76. The predicted octanol–water partition coefficient (Wildman–Crippen LogP) is 2.80. The molecular formula is C14H22N2O. The molecular weight excluding hydrogens is 212 g/mol. The number of rotatable bonds is 4. The van der Waals surface area contributed by atoms with Crippen LogP contribution in [0.4, 0.5) is 5.69 Å². The smallest absolute Gasteiger partial charge is 0.120 e. The van der Waals surface area contributed by atoms with Gasteiger partial charge in [0.25, 0.3) is 0 Å². The van der Waals surface area contributed by atoms with E-state index in [1.165, 1.54) is 11.3 Å². The minimum Gasteiger partial charge on any atom is -0.497 e. The first-order chi connectivity index (χ1) is 8.20. The summed E-state index contributed by atoms with van der Waals surface area (Å²) in [6.45, 7) is 6.57. The lowest BCUT2D eigenvalue weighted by atomic mass is 9.97.